The van der Waals surface area contributed by atoms with Crippen molar-refractivity contribution in [1.29, 1.82) is 0 Å². The van der Waals surface area contributed by atoms with Gasteiger partial charge in [0, 0.05) is 0 Å². The molecule has 0 aromatic rings. The summed E-state index contributed by atoms with van der Waals surface area (Å²) in [5, 5.41) is 9.34. The van der Waals surface area contributed by atoms with Gasteiger partial charge in [-0.2, -0.15) is 0 Å². The van der Waals surface area contributed by atoms with E-state index in [2.05, 4.69) is 0 Å². The lowest BCUT2D eigenvalue weighted by Gasteiger charge is -2.43. The number of nitrogens with zero attached hydrogens (tertiary/aromatic N) is 1. The van der Waals surface area contributed by atoms with Gasteiger partial charge < -0.3 is 19.2 Å². The number of fused-ring (bicyclic) bond motifs is 2. The molecule has 2 atom stereocenters. The van der Waals surface area contributed by atoms with E-state index in [9.17, 15) is 9.90 Å². The second-order valence-corrected chi connectivity index (χ2v) is 6.98. The Kier molecular flexibility index (Phi) is 3.35. The number of carboxylic acid groups (broad SMARTS) is 1. The second kappa shape index (κ2) is 4.73. The van der Waals surface area contributed by atoms with Gasteiger partial charge in [-0.25, -0.2) is 4.79 Å². The Morgan fingerprint density at radius 2 is 1.90 bits per heavy atom. The maximum absolute atomic E-state index is 11.4. The van der Waals surface area contributed by atoms with Gasteiger partial charge in [0.1, 0.15) is 0 Å². The van der Waals surface area contributed by atoms with Gasteiger partial charge in [0.25, 0.3) is 0 Å². The summed E-state index contributed by atoms with van der Waals surface area (Å²) in [7, 11) is -0.394. The molecule has 3 aliphatic heterocycles. The van der Waals surface area contributed by atoms with E-state index in [0.29, 0.717) is 19.6 Å². The molecule has 0 aromatic heterocycles. The normalized spacial score (nSPS) is 33.8. The van der Waals surface area contributed by atoms with Crippen molar-refractivity contribution in [2.24, 2.45) is 0 Å². The molecule has 0 aromatic carbocycles. The molecular weight excluding hydrogens is 273 g/mol. The van der Waals surface area contributed by atoms with Crippen molar-refractivity contribution in [2.45, 2.75) is 57.4 Å². The first kappa shape index (κ1) is 14.9. The van der Waals surface area contributed by atoms with E-state index in [1.54, 1.807) is 0 Å². The van der Waals surface area contributed by atoms with Crippen LogP contribution in [0.15, 0.2) is 11.5 Å². The van der Waals surface area contributed by atoms with E-state index in [-0.39, 0.29) is 23.3 Å². The van der Waals surface area contributed by atoms with Crippen molar-refractivity contribution in [3.05, 3.63) is 11.5 Å². The Morgan fingerprint density at radius 3 is 2.43 bits per heavy atom. The number of hydrogen-bond donors (Lipinski definition) is 1. The predicted molar refractivity (Wildman–Crippen MR) is 77.0 cm³/mol. The van der Waals surface area contributed by atoms with Crippen LogP contribution >= 0.6 is 0 Å². The Labute approximate surface area is 125 Å². The maximum atomic E-state index is 11.4. The fourth-order valence-electron chi connectivity index (χ4n) is 3.10. The van der Waals surface area contributed by atoms with Crippen molar-refractivity contribution in [3.63, 3.8) is 0 Å². The summed E-state index contributed by atoms with van der Waals surface area (Å²) in [5.74, 6) is 0. The molecule has 2 unspecified atom stereocenters. The molecule has 2 saturated heterocycles. The molecule has 0 radical (unpaired) electrons. The van der Waals surface area contributed by atoms with Crippen molar-refractivity contribution in [1.82, 2.24) is 4.90 Å². The third kappa shape index (κ3) is 2.37. The van der Waals surface area contributed by atoms with Crippen LogP contribution in [-0.4, -0.2) is 59.7 Å². The van der Waals surface area contributed by atoms with Gasteiger partial charge in [0.2, 0.25) is 0 Å². The minimum Gasteiger partial charge on any atom is -0.465 e. The van der Waals surface area contributed by atoms with Crippen molar-refractivity contribution in [2.75, 3.05) is 13.2 Å². The molecule has 6 nitrogen and oxygen atoms in total. The van der Waals surface area contributed by atoms with Gasteiger partial charge in [0.15, 0.2) is 0 Å². The Hall–Kier alpha value is -1.05. The van der Waals surface area contributed by atoms with Gasteiger partial charge in [-0.3, -0.25) is 4.90 Å². The molecular formula is C14H22BNO5. The third-order valence-corrected chi connectivity index (χ3v) is 5.00. The summed E-state index contributed by atoms with van der Waals surface area (Å²) in [6, 6.07) is -0.399. The molecule has 2 bridgehead atoms. The summed E-state index contributed by atoms with van der Waals surface area (Å²) < 4.78 is 17.6. The van der Waals surface area contributed by atoms with Gasteiger partial charge in [-0.15, -0.1) is 0 Å². The molecule has 3 aliphatic rings. The lowest BCUT2D eigenvalue weighted by molar-refractivity contribution is -0.0280. The summed E-state index contributed by atoms with van der Waals surface area (Å²) in [6.07, 6.45) is 1.64. The molecule has 0 saturated carbocycles. The summed E-state index contributed by atoms with van der Waals surface area (Å²) in [5.41, 5.74) is 0.270. The number of hydrogen-bond acceptors (Lipinski definition) is 4. The molecule has 1 amide bonds. The maximum Gasteiger partial charge on any atom is 0.490 e. The molecule has 21 heavy (non-hydrogen) atoms. The van der Waals surface area contributed by atoms with Crippen LogP contribution < -0.4 is 0 Å². The fraction of sp³-hybridized carbons (Fsp3) is 0.786. The average molecular weight is 295 g/mol. The van der Waals surface area contributed by atoms with E-state index in [4.69, 9.17) is 14.0 Å². The molecule has 1 N–H and O–H groups in total. The topological polar surface area (TPSA) is 68.2 Å². The van der Waals surface area contributed by atoms with Crippen LogP contribution in [0.5, 0.6) is 0 Å². The number of rotatable bonds is 1. The lowest BCUT2D eigenvalue weighted by Crippen LogP contribution is -2.57. The van der Waals surface area contributed by atoms with Gasteiger partial charge >= 0.3 is 13.2 Å². The highest BCUT2D eigenvalue weighted by Crippen LogP contribution is 2.41. The number of carbonyl (C=O) groups is 1. The van der Waals surface area contributed by atoms with Crippen LogP contribution in [-0.2, 0) is 14.0 Å². The van der Waals surface area contributed by atoms with Gasteiger partial charge in [-0.05, 0) is 39.6 Å². The fourth-order valence-corrected chi connectivity index (χ4v) is 3.10. The highest BCUT2D eigenvalue weighted by Gasteiger charge is 2.54. The SMILES string of the molecule is CC1(C)OB(C2=CC3COCC(C2)N3C(=O)O)OC1(C)C. The molecule has 7 heteroatoms. The van der Waals surface area contributed by atoms with Gasteiger partial charge in [-0.1, -0.05) is 6.08 Å². The zero-order valence-electron chi connectivity index (χ0n) is 13.0. The first-order chi connectivity index (χ1) is 9.71. The number of morpholine rings is 1. The molecule has 2 fully saturated rings. The zero-order chi connectivity index (χ0) is 15.4. The predicted octanol–water partition coefficient (Wildman–Crippen LogP) is 1.70. The lowest BCUT2D eigenvalue weighted by atomic mass is 9.71. The van der Waals surface area contributed by atoms with Gasteiger partial charge in [0.05, 0.1) is 36.5 Å². The minimum absolute atomic E-state index is 0.153. The smallest absolute Gasteiger partial charge is 0.465 e. The first-order valence-electron chi connectivity index (χ1n) is 7.36. The van der Waals surface area contributed by atoms with E-state index in [1.807, 2.05) is 33.8 Å². The number of ether oxygens (including phenoxy) is 1. The molecule has 0 aliphatic carbocycles. The van der Waals surface area contributed by atoms with Crippen molar-refractivity contribution < 1.29 is 23.9 Å². The number of amides is 1. The van der Waals surface area contributed by atoms with E-state index in [1.165, 1.54) is 4.90 Å². The van der Waals surface area contributed by atoms with E-state index in [0.717, 1.165) is 5.47 Å². The highest BCUT2D eigenvalue weighted by atomic mass is 16.7. The average Bonchev–Trinajstić information content (AvgIpc) is 2.56. The highest BCUT2D eigenvalue weighted by molar-refractivity contribution is 6.54. The van der Waals surface area contributed by atoms with Crippen LogP contribution in [0.2, 0.25) is 0 Å². The van der Waals surface area contributed by atoms with Crippen LogP contribution in [0.4, 0.5) is 4.79 Å². The van der Waals surface area contributed by atoms with Crippen molar-refractivity contribution in [3.8, 4) is 0 Å². The minimum atomic E-state index is -0.891. The molecule has 3 rings (SSSR count). The summed E-state index contributed by atoms with van der Waals surface area (Å²) in [6.45, 7) is 8.90. The van der Waals surface area contributed by atoms with Crippen LogP contribution in [0.3, 0.4) is 0 Å². The second-order valence-electron chi connectivity index (χ2n) is 6.98. The van der Waals surface area contributed by atoms with E-state index < -0.39 is 13.2 Å². The summed E-state index contributed by atoms with van der Waals surface area (Å²) in [4.78, 5) is 12.9. The van der Waals surface area contributed by atoms with Crippen molar-refractivity contribution >= 4 is 13.2 Å². The third-order valence-electron chi connectivity index (χ3n) is 5.00. The molecule has 3 heterocycles. The van der Waals surface area contributed by atoms with Crippen LogP contribution in [0.25, 0.3) is 0 Å². The van der Waals surface area contributed by atoms with Crippen LogP contribution in [0, 0.1) is 0 Å². The van der Waals surface area contributed by atoms with Crippen LogP contribution in [0.1, 0.15) is 34.1 Å². The largest absolute Gasteiger partial charge is 0.490 e. The Balaban J connectivity index is 1.84. The Morgan fingerprint density at radius 1 is 1.29 bits per heavy atom. The Bertz CT molecular complexity index is 474. The monoisotopic (exact) mass is 295 g/mol. The first-order valence-corrected chi connectivity index (χ1v) is 7.36. The molecule has 0 spiro atoms. The quantitative estimate of drug-likeness (QED) is 0.746. The molecule has 116 valence electrons. The standard InChI is InChI=1S/C14H22BNO5/c1-13(2)14(3,4)21-15(20-13)9-5-10-7-19-8-11(6-9)16(10)12(17)18/h5,10-11H,6-8H2,1-4H3,(H,17,18). The van der Waals surface area contributed by atoms with E-state index >= 15 is 0 Å². The summed E-state index contributed by atoms with van der Waals surface area (Å²) >= 11 is 0. The zero-order valence-corrected chi connectivity index (χ0v) is 13.0.